The smallest absolute Gasteiger partial charge is 0.326 e. The highest BCUT2D eigenvalue weighted by Crippen LogP contribution is 2.29. The summed E-state index contributed by atoms with van der Waals surface area (Å²) in [5.74, 6) is -1.03. The summed E-state index contributed by atoms with van der Waals surface area (Å²) in [6.07, 6.45) is 0.705. The molecular formula is C24H28N2O4. The van der Waals surface area contributed by atoms with E-state index in [0.29, 0.717) is 12.8 Å². The zero-order chi connectivity index (χ0) is 22.1. The zero-order valence-electron chi connectivity index (χ0n) is 17.2. The second-order valence-electron chi connectivity index (χ2n) is 7.56. The lowest BCUT2D eigenvalue weighted by Crippen LogP contribution is -2.37. The molecule has 0 aliphatic carbocycles. The van der Waals surface area contributed by atoms with E-state index in [0.717, 1.165) is 21.9 Å². The predicted molar refractivity (Wildman–Crippen MR) is 118 cm³/mol. The van der Waals surface area contributed by atoms with Crippen LogP contribution in [0.5, 0.6) is 0 Å². The molecule has 0 aromatic heterocycles. The van der Waals surface area contributed by atoms with E-state index in [1.807, 2.05) is 60.7 Å². The molecule has 2 atom stereocenters. The first-order chi connectivity index (χ1) is 14.2. The molecule has 0 radical (unpaired) electrons. The molecule has 0 aliphatic heterocycles. The molecule has 0 spiro atoms. The minimum Gasteiger partial charge on any atom is -0.480 e. The van der Waals surface area contributed by atoms with E-state index < -0.39 is 17.6 Å². The number of fused-ring (bicyclic) bond motifs is 1. The number of carboxylic acid groups (broad SMARTS) is 1. The van der Waals surface area contributed by atoms with Crippen LogP contribution in [0.4, 0.5) is 0 Å². The fourth-order valence-electron chi connectivity index (χ4n) is 3.05. The SMILES string of the molecule is CC(C)(O)[C@H](N)c1cccc2ccccc12.O=CN[C@H](Cc1ccccc1)C(=O)O. The average molecular weight is 408 g/mol. The second-order valence-corrected chi connectivity index (χ2v) is 7.56. The topological polar surface area (TPSA) is 113 Å². The van der Waals surface area contributed by atoms with Crippen LogP contribution in [0.2, 0.25) is 0 Å². The molecule has 0 unspecified atom stereocenters. The van der Waals surface area contributed by atoms with Gasteiger partial charge >= 0.3 is 5.97 Å². The summed E-state index contributed by atoms with van der Waals surface area (Å²) < 4.78 is 0. The first kappa shape index (κ1) is 23.1. The van der Waals surface area contributed by atoms with E-state index in [9.17, 15) is 14.7 Å². The van der Waals surface area contributed by atoms with E-state index >= 15 is 0 Å². The number of amides is 1. The first-order valence-corrected chi connectivity index (χ1v) is 9.66. The molecule has 3 aromatic carbocycles. The highest BCUT2D eigenvalue weighted by atomic mass is 16.4. The largest absolute Gasteiger partial charge is 0.480 e. The fourth-order valence-corrected chi connectivity index (χ4v) is 3.05. The van der Waals surface area contributed by atoms with Gasteiger partial charge in [0, 0.05) is 6.42 Å². The lowest BCUT2D eigenvalue weighted by molar-refractivity contribution is -0.140. The van der Waals surface area contributed by atoms with Gasteiger partial charge in [0.25, 0.3) is 0 Å². The molecule has 3 aromatic rings. The third-order valence-electron chi connectivity index (χ3n) is 4.77. The Morgan fingerprint density at radius 3 is 2.23 bits per heavy atom. The lowest BCUT2D eigenvalue weighted by atomic mass is 9.89. The van der Waals surface area contributed by atoms with Gasteiger partial charge in [-0.2, -0.15) is 0 Å². The van der Waals surface area contributed by atoms with E-state index in [1.54, 1.807) is 13.8 Å². The van der Waals surface area contributed by atoms with Crippen molar-refractivity contribution in [1.29, 1.82) is 0 Å². The Morgan fingerprint density at radius 2 is 1.63 bits per heavy atom. The summed E-state index contributed by atoms with van der Waals surface area (Å²) in [4.78, 5) is 20.8. The van der Waals surface area contributed by atoms with E-state index in [4.69, 9.17) is 10.8 Å². The highest BCUT2D eigenvalue weighted by molar-refractivity contribution is 5.86. The number of rotatable bonds is 7. The number of hydrogen-bond acceptors (Lipinski definition) is 4. The number of benzene rings is 3. The average Bonchev–Trinajstić information content (AvgIpc) is 2.73. The summed E-state index contributed by atoms with van der Waals surface area (Å²) in [5.41, 5.74) is 7.05. The molecule has 1 amide bonds. The van der Waals surface area contributed by atoms with Crippen molar-refractivity contribution in [2.75, 3.05) is 0 Å². The fraction of sp³-hybridized carbons (Fsp3) is 0.250. The van der Waals surface area contributed by atoms with Gasteiger partial charge in [-0.05, 0) is 35.7 Å². The Kier molecular flexibility index (Phi) is 8.09. The maximum atomic E-state index is 10.7. The van der Waals surface area contributed by atoms with Crippen molar-refractivity contribution in [3.05, 3.63) is 83.9 Å². The molecule has 5 N–H and O–H groups in total. The van der Waals surface area contributed by atoms with Gasteiger partial charge in [-0.15, -0.1) is 0 Å². The van der Waals surface area contributed by atoms with Crippen LogP contribution in [0.1, 0.15) is 31.0 Å². The van der Waals surface area contributed by atoms with Crippen molar-refractivity contribution in [1.82, 2.24) is 5.32 Å². The third-order valence-corrected chi connectivity index (χ3v) is 4.77. The van der Waals surface area contributed by atoms with E-state index in [-0.39, 0.29) is 6.04 Å². The monoisotopic (exact) mass is 408 g/mol. The van der Waals surface area contributed by atoms with Gasteiger partial charge in [-0.25, -0.2) is 4.79 Å². The van der Waals surface area contributed by atoms with E-state index in [2.05, 4.69) is 17.4 Å². The van der Waals surface area contributed by atoms with Gasteiger partial charge in [0.15, 0.2) is 0 Å². The van der Waals surface area contributed by atoms with Gasteiger partial charge in [0.05, 0.1) is 11.6 Å². The maximum absolute atomic E-state index is 10.7. The predicted octanol–water partition coefficient (Wildman–Crippen LogP) is 3.04. The molecule has 30 heavy (non-hydrogen) atoms. The first-order valence-electron chi connectivity index (χ1n) is 9.66. The van der Waals surface area contributed by atoms with Crippen LogP contribution >= 0.6 is 0 Å². The molecular weight excluding hydrogens is 380 g/mol. The van der Waals surface area contributed by atoms with Crippen molar-refractivity contribution >= 4 is 23.2 Å². The van der Waals surface area contributed by atoms with Crippen molar-refractivity contribution in [3.63, 3.8) is 0 Å². The van der Waals surface area contributed by atoms with Gasteiger partial charge in [0.1, 0.15) is 6.04 Å². The Balaban J connectivity index is 0.000000216. The van der Waals surface area contributed by atoms with Crippen LogP contribution in [-0.2, 0) is 16.0 Å². The summed E-state index contributed by atoms with van der Waals surface area (Å²) in [6.45, 7) is 3.47. The van der Waals surface area contributed by atoms with Crippen LogP contribution in [-0.4, -0.2) is 34.2 Å². The summed E-state index contributed by atoms with van der Waals surface area (Å²) in [5, 5.41) is 23.2. The number of aliphatic carboxylic acids is 1. The molecule has 6 heteroatoms. The van der Waals surface area contributed by atoms with Crippen LogP contribution in [0.25, 0.3) is 10.8 Å². The second kappa shape index (κ2) is 10.5. The van der Waals surface area contributed by atoms with Gasteiger partial charge in [-0.1, -0.05) is 72.8 Å². The maximum Gasteiger partial charge on any atom is 0.326 e. The van der Waals surface area contributed by atoms with Gasteiger partial charge in [-0.3, -0.25) is 4.79 Å². The van der Waals surface area contributed by atoms with Gasteiger partial charge in [0.2, 0.25) is 6.41 Å². The Hall–Kier alpha value is -3.22. The molecule has 0 saturated carbocycles. The number of carbonyl (C=O) groups excluding carboxylic acids is 1. The van der Waals surface area contributed by atoms with Crippen molar-refractivity contribution in [2.45, 2.75) is 38.0 Å². The minimum atomic E-state index is -1.03. The number of hydrogen-bond donors (Lipinski definition) is 4. The minimum absolute atomic E-state index is 0.301. The normalized spacial score (nSPS) is 12.9. The van der Waals surface area contributed by atoms with Crippen LogP contribution in [0, 0.1) is 0 Å². The molecule has 3 rings (SSSR count). The Morgan fingerprint density at radius 1 is 1.03 bits per heavy atom. The standard InChI is InChI=1S/C14H17NO.C10H11NO3/c1-14(2,16)13(15)12-9-5-7-10-6-3-4-8-11(10)12;12-7-11-9(10(13)14)6-8-4-2-1-3-5-8/h3-9,13,16H,15H2,1-2H3;1-5,7,9H,6H2,(H,11,12)(H,13,14)/t13-;9-/m11/s1. The van der Waals surface area contributed by atoms with Gasteiger partial charge < -0.3 is 21.3 Å². The summed E-state index contributed by atoms with van der Waals surface area (Å²) in [7, 11) is 0. The molecule has 0 aliphatic rings. The number of carboxylic acids is 1. The molecule has 0 bridgehead atoms. The summed E-state index contributed by atoms with van der Waals surface area (Å²) in [6, 6.07) is 22.0. The van der Waals surface area contributed by atoms with E-state index in [1.165, 1.54) is 0 Å². The zero-order valence-corrected chi connectivity index (χ0v) is 17.2. The van der Waals surface area contributed by atoms with Crippen molar-refractivity contribution in [3.8, 4) is 0 Å². The molecule has 0 heterocycles. The number of nitrogens with two attached hydrogens (primary N) is 1. The summed E-state index contributed by atoms with van der Waals surface area (Å²) >= 11 is 0. The van der Waals surface area contributed by atoms with Crippen molar-refractivity contribution in [2.24, 2.45) is 5.73 Å². The lowest BCUT2D eigenvalue weighted by Gasteiger charge is -2.27. The van der Waals surface area contributed by atoms with Crippen LogP contribution in [0.3, 0.4) is 0 Å². The molecule has 0 fully saturated rings. The Bertz CT molecular complexity index is 962. The van der Waals surface area contributed by atoms with Crippen molar-refractivity contribution < 1.29 is 19.8 Å². The quantitative estimate of drug-likeness (QED) is 0.449. The number of nitrogens with one attached hydrogen (secondary N) is 1. The number of carbonyl (C=O) groups is 2. The molecule has 6 nitrogen and oxygen atoms in total. The Labute approximate surface area is 176 Å². The highest BCUT2D eigenvalue weighted by Gasteiger charge is 2.25. The van der Waals surface area contributed by atoms with Crippen LogP contribution < -0.4 is 11.1 Å². The molecule has 0 saturated heterocycles. The number of aliphatic hydroxyl groups is 1. The molecule has 158 valence electrons. The third kappa shape index (κ3) is 6.40. The van der Waals surface area contributed by atoms with Crippen LogP contribution in [0.15, 0.2) is 72.8 Å².